The number of hydrogen-bond acceptors (Lipinski definition) is 3. The Morgan fingerprint density at radius 1 is 1.19 bits per heavy atom. The van der Waals surface area contributed by atoms with Crippen LogP contribution in [0.3, 0.4) is 0 Å². The molecule has 3 saturated carbocycles. The van der Waals surface area contributed by atoms with Gasteiger partial charge >= 0.3 is 5.97 Å². The molecule has 5 rings (SSSR count). The third-order valence-corrected chi connectivity index (χ3v) is 7.09. The van der Waals surface area contributed by atoms with E-state index in [0.717, 1.165) is 31.1 Å². The third-order valence-electron chi connectivity index (χ3n) is 7.09. The van der Waals surface area contributed by atoms with Crippen molar-refractivity contribution in [2.45, 2.75) is 50.7 Å². The van der Waals surface area contributed by atoms with Gasteiger partial charge in [-0.25, -0.2) is 0 Å². The van der Waals surface area contributed by atoms with Crippen molar-refractivity contribution in [3.05, 3.63) is 0 Å². The fourth-order valence-corrected chi connectivity index (χ4v) is 5.78. The first-order valence-electron chi connectivity index (χ1n) is 8.25. The lowest BCUT2D eigenvalue weighted by Gasteiger charge is -2.21. The van der Waals surface area contributed by atoms with E-state index in [4.69, 9.17) is 4.74 Å². The normalized spacial score (nSPS) is 55.0. The summed E-state index contributed by atoms with van der Waals surface area (Å²) in [6, 6.07) is 0. The second-order valence-corrected chi connectivity index (χ2v) is 7.91. The van der Waals surface area contributed by atoms with Crippen molar-refractivity contribution in [2.75, 3.05) is 6.54 Å². The fourth-order valence-electron chi connectivity index (χ4n) is 5.78. The number of nitrogens with one attached hydrogen (secondary N) is 1. The molecule has 2 heterocycles. The number of carboxylic acid groups (broad SMARTS) is 1. The highest BCUT2D eigenvalue weighted by Gasteiger charge is 2.78. The third kappa shape index (κ3) is 1.36. The monoisotopic (exact) mass is 291 g/mol. The molecule has 2 N–H and O–H groups in total. The highest BCUT2D eigenvalue weighted by atomic mass is 16.5. The minimum atomic E-state index is -0.778. The zero-order valence-electron chi connectivity index (χ0n) is 12.0. The average Bonchev–Trinajstić information content (AvgIpc) is 3.27. The topological polar surface area (TPSA) is 75.6 Å². The van der Waals surface area contributed by atoms with Gasteiger partial charge in [-0.05, 0) is 43.9 Å². The molecule has 5 nitrogen and oxygen atoms in total. The molecular formula is C16H21NO4. The number of carbonyl (C=O) groups is 2. The Morgan fingerprint density at radius 2 is 2.00 bits per heavy atom. The Hall–Kier alpha value is -1.10. The van der Waals surface area contributed by atoms with E-state index in [-0.39, 0.29) is 5.91 Å². The zero-order chi connectivity index (χ0) is 14.4. The van der Waals surface area contributed by atoms with Crippen LogP contribution in [0.1, 0.15) is 38.5 Å². The molecule has 0 radical (unpaired) electrons. The van der Waals surface area contributed by atoms with Crippen molar-refractivity contribution in [3.63, 3.8) is 0 Å². The summed E-state index contributed by atoms with van der Waals surface area (Å²) in [6.45, 7) is 0.667. The molecule has 0 unspecified atom stereocenters. The van der Waals surface area contributed by atoms with Crippen molar-refractivity contribution in [1.82, 2.24) is 5.32 Å². The van der Waals surface area contributed by atoms with E-state index in [9.17, 15) is 14.7 Å². The summed E-state index contributed by atoms with van der Waals surface area (Å²) in [5, 5.41) is 12.5. The van der Waals surface area contributed by atoms with Crippen molar-refractivity contribution in [2.24, 2.45) is 28.6 Å². The van der Waals surface area contributed by atoms with E-state index in [1.54, 1.807) is 0 Å². The van der Waals surface area contributed by atoms with Gasteiger partial charge in [-0.15, -0.1) is 0 Å². The Morgan fingerprint density at radius 3 is 2.67 bits per heavy atom. The molecule has 114 valence electrons. The van der Waals surface area contributed by atoms with Crippen molar-refractivity contribution < 1.29 is 19.4 Å². The fraction of sp³-hybridized carbons (Fsp3) is 0.875. The van der Waals surface area contributed by atoms with Gasteiger partial charge in [-0.1, -0.05) is 6.42 Å². The number of ether oxygens (including phenoxy) is 1. The maximum atomic E-state index is 12.6. The molecule has 3 aliphatic carbocycles. The highest BCUT2D eigenvalue weighted by Crippen LogP contribution is 2.73. The number of rotatable bonds is 4. The molecule has 2 aliphatic heterocycles. The average molecular weight is 291 g/mol. The lowest BCUT2D eigenvalue weighted by molar-refractivity contribution is -0.146. The van der Waals surface area contributed by atoms with Gasteiger partial charge in [-0.2, -0.15) is 0 Å². The number of fused-ring (bicyclic) bond motifs is 6. The zero-order valence-corrected chi connectivity index (χ0v) is 12.0. The number of carbonyl (C=O) groups excluding carboxylic acids is 1. The highest BCUT2D eigenvalue weighted by molar-refractivity contribution is 5.97. The molecule has 0 aromatic carbocycles. The first-order chi connectivity index (χ1) is 10.1. The molecule has 7 atom stereocenters. The number of hydrogen-bond donors (Lipinski definition) is 2. The van der Waals surface area contributed by atoms with Crippen molar-refractivity contribution in [3.8, 4) is 0 Å². The van der Waals surface area contributed by atoms with E-state index >= 15 is 0 Å². The van der Waals surface area contributed by atoms with Gasteiger partial charge < -0.3 is 15.2 Å². The van der Waals surface area contributed by atoms with Crippen LogP contribution in [0, 0.1) is 28.6 Å². The Labute approximate surface area is 123 Å². The second kappa shape index (κ2) is 3.62. The van der Waals surface area contributed by atoms with Crippen LogP contribution in [0.15, 0.2) is 0 Å². The first kappa shape index (κ1) is 12.4. The van der Waals surface area contributed by atoms with Crippen LogP contribution in [0.5, 0.6) is 0 Å². The van der Waals surface area contributed by atoms with Crippen LogP contribution in [0.2, 0.25) is 0 Å². The Balaban J connectivity index is 1.24. The minimum absolute atomic E-state index is 0.0162. The van der Waals surface area contributed by atoms with Gasteiger partial charge in [0, 0.05) is 12.5 Å². The van der Waals surface area contributed by atoms with Gasteiger partial charge in [0.1, 0.15) is 0 Å². The molecule has 21 heavy (non-hydrogen) atoms. The summed E-state index contributed by atoms with van der Waals surface area (Å²) in [5.41, 5.74) is -1.34. The van der Waals surface area contributed by atoms with Gasteiger partial charge in [0.15, 0.2) is 0 Å². The summed E-state index contributed by atoms with van der Waals surface area (Å²) in [4.78, 5) is 24.0. The predicted octanol–water partition coefficient (Wildman–Crippen LogP) is 1.17. The molecular weight excluding hydrogens is 270 g/mol. The van der Waals surface area contributed by atoms with Gasteiger partial charge in [0.25, 0.3) is 0 Å². The molecule has 5 heteroatoms. The number of carboxylic acids is 1. The van der Waals surface area contributed by atoms with Crippen molar-refractivity contribution in [1.29, 1.82) is 0 Å². The summed E-state index contributed by atoms with van der Waals surface area (Å²) >= 11 is 0. The lowest BCUT2D eigenvalue weighted by Crippen LogP contribution is -2.40. The number of aliphatic carboxylic acids is 1. The predicted molar refractivity (Wildman–Crippen MR) is 72.3 cm³/mol. The molecule has 2 saturated heterocycles. The largest absolute Gasteiger partial charge is 0.481 e. The van der Waals surface area contributed by atoms with E-state index in [1.165, 1.54) is 6.42 Å². The smallest absolute Gasteiger partial charge is 0.310 e. The molecule has 5 fully saturated rings. The summed E-state index contributed by atoms with van der Waals surface area (Å²) in [5.74, 6) is 1.20. The SMILES string of the molecule is O=C(O)[C@]12CCC[C@@]1(C(=O)NC[C@@H]1C[C@@H]3O[C@H]1[C@H]1C[C@H]13)C2. The molecule has 0 aromatic heterocycles. The van der Waals surface area contributed by atoms with Crippen molar-refractivity contribution >= 4 is 11.9 Å². The molecule has 1 amide bonds. The van der Waals surface area contributed by atoms with Crippen LogP contribution in [0.4, 0.5) is 0 Å². The molecule has 5 aliphatic rings. The minimum Gasteiger partial charge on any atom is -0.481 e. The van der Waals surface area contributed by atoms with Gasteiger partial charge in [0.05, 0.1) is 23.0 Å². The molecule has 2 bridgehead atoms. The maximum Gasteiger partial charge on any atom is 0.310 e. The summed E-state index contributed by atoms with van der Waals surface area (Å²) in [7, 11) is 0. The standard InChI is InChI=1S/C16H21NO4/c18-13(15-2-1-3-16(15,7-15)14(19)20)17-6-8-4-11-9-5-10(9)12(8)21-11/h8-12H,1-7H2,(H,17,18)(H,19,20)/t8-,9+,10-,11-,12+,15-,16+/m0/s1. The summed E-state index contributed by atoms with van der Waals surface area (Å²) < 4.78 is 5.95. The maximum absolute atomic E-state index is 12.6. The number of amides is 1. The van der Waals surface area contributed by atoms with Crippen LogP contribution < -0.4 is 5.32 Å². The van der Waals surface area contributed by atoms with Crippen LogP contribution >= 0.6 is 0 Å². The van der Waals surface area contributed by atoms with Crippen LogP contribution in [0.25, 0.3) is 0 Å². The van der Waals surface area contributed by atoms with Crippen LogP contribution in [-0.4, -0.2) is 35.7 Å². The van der Waals surface area contributed by atoms with E-state index in [2.05, 4.69) is 5.32 Å². The van der Waals surface area contributed by atoms with Crippen LogP contribution in [-0.2, 0) is 14.3 Å². The first-order valence-corrected chi connectivity index (χ1v) is 8.25. The lowest BCUT2D eigenvalue weighted by atomic mass is 9.88. The molecule has 0 aromatic rings. The second-order valence-electron chi connectivity index (χ2n) is 7.91. The summed E-state index contributed by atoms with van der Waals surface area (Å²) in [6.07, 6.45) is 5.98. The van der Waals surface area contributed by atoms with E-state index < -0.39 is 16.8 Å². The molecule has 0 spiro atoms. The van der Waals surface area contributed by atoms with Gasteiger partial charge in [0.2, 0.25) is 5.91 Å². The van der Waals surface area contributed by atoms with E-state index in [1.807, 2.05) is 0 Å². The Kier molecular flexibility index (Phi) is 2.15. The van der Waals surface area contributed by atoms with E-state index in [0.29, 0.717) is 37.5 Å². The quantitative estimate of drug-likeness (QED) is 0.815. The van der Waals surface area contributed by atoms with Gasteiger partial charge in [-0.3, -0.25) is 9.59 Å². The Bertz CT molecular complexity index is 548.